The Balaban J connectivity index is 1.78. The van der Waals surface area contributed by atoms with Crippen molar-refractivity contribution in [3.8, 4) is 5.75 Å². The molecule has 1 saturated heterocycles. The van der Waals surface area contributed by atoms with Crippen LogP contribution in [0.3, 0.4) is 0 Å². The summed E-state index contributed by atoms with van der Waals surface area (Å²) in [5.41, 5.74) is 2.31. The van der Waals surface area contributed by atoms with E-state index >= 15 is 0 Å². The van der Waals surface area contributed by atoms with E-state index in [1.807, 2.05) is 48.5 Å². The molecule has 0 radical (unpaired) electrons. The maximum absolute atomic E-state index is 12.8. The zero-order valence-electron chi connectivity index (χ0n) is 13.7. The maximum atomic E-state index is 12.8. The van der Waals surface area contributed by atoms with Gasteiger partial charge < -0.3 is 20.1 Å². The molecule has 0 aliphatic carbocycles. The number of anilines is 2. The summed E-state index contributed by atoms with van der Waals surface area (Å²) < 4.78 is 5.16. The van der Waals surface area contributed by atoms with Gasteiger partial charge in [-0.3, -0.25) is 4.79 Å². The van der Waals surface area contributed by atoms with Crippen LogP contribution in [0.25, 0.3) is 0 Å². The molecule has 0 bridgehead atoms. The molecule has 1 fully saturated rings. The molecule has 2 N–H and O–H groups in total. The molecule has 2 aromatic carbocycles. The lowest BCUT2D eigenvalue weighted by atomic mass is 10.1. The standard InChI is InChI=1S/C19H22N2O3/c1-24-16-8-6-14(7-9-16)20-18-5-3-2-4-17(18)19(23)21-12-10-15(22)11-13-21/h2-9,15,20,22H,10-13H2,1H3. The van der Waals surface area contributed by atoms with Crippen molar-refractivity contribution >= 4 is 17.3 Å². The molecule has 1 aliphatic rings. The van der Waals surface area contributed by atoms with Crippen molar-refractivity contribution in [3.05, 3.63) is 54.1 Å². The number of benzene rings is 2. The van der Waals surface area contributed by atoms with Gasteiger partial charge >= 0.3 is 0 Å². The van der Waals surface area contributed by atoms with Crippen LogP contribution >= 0.6 is 0 Å². The molecule has 3 rings (SSSR count). The summed E-state index contributed by atoms with van der Waals surface area (Å²) in [6.45, 7) is 1.19. The van der Waals surface area contributed by atoms with Crippen molar-refractivity contribution in [2.75, 3.05) is 25.5 Å². The minimum atomic E-state index is -0.290. The highest BCUT2D eigenvalue weighted by Gasteiger charge is 2.23. The molecular weight excluding hydrogens is 304 g/mol. The van der Waals surface area contributed by atoms with Crippen LogP contribution in [-0.2, 0) is 0 Å². The van der Waals surface area contributed by atoms with Gasteiger partial charge in [0.2, 0.25) is 0 Å². The number of carbonyl (C=O) groups excluding carboxylic acids is 1. The van der Waals surface area contributed by atoms with Crippen LogP contribution in [0.5, 0.6) is 5.75 Å². The molecule has 0 aromatic heterocycles. The second-order valence-electron chi connectivity index (χ2n) is 5.92. The van der Waals surface area contributed by atoms with Gasteiger partial charge in [-0.25, -0.2) is 0 Å². The van der Waals surface area contributed by atoms with E-state index in [9.17, 15) is 9.90 Å². The number of piperidine rings is 1. The smallest absolute Gasteiger partial charge is 0.255 e. The van der Waals surface area contributed by atoms with E-state index in [1.165, 1.54) is 0 Å². The van der Waals surface area contributed by atoms with Gasteiger partial charge in [-0.1, -0.05) is 12.1 Å². The van der Waals surface area contributed by atoms with Gasteiger partial charge in [0.05, 0.1) is 24.5 Å². The number of hydrogen-bond acceptors (Lipinski definition) is 4. The Morgan fingerprint density at radius 3 is 2.46 bits per heavy atom. The minimum Gasteiger partial charge on any atom is -0.497 e. The van der Waals surface area contributed by atoms with E-state index in [2.05, 4.69) is 5.32 Å². The zero-order chi connectivity index (χ0) is 16.9. The fourth-order valence-electron chi connectivity index (χ4n) is 2.85. The third-order valence-corrected chi connectivity index (χ3v) is 4.28. The number of rotatable bonds is 4. The molecule has 24 heavy (non-hydrogen) atoms. The zero-order valence-corrected chi connectivity index (χ0v) is 13.7. The molecule has 0 unspecified atom stereocenters. The van der Waals surface area contributed by atoms with Crippen LogP contribution in [0.15, 0.2) is 48.5 Å². The highest BCUT2D eigenvalue weighted by Crippen LogP contribution is 2.25. The Morgan fingerprint density at radius 2 is 1.79 bits per heavy atom. The molecular formula is C19H22N2O3. The minimum absolute atomic E-state index is 0.00138. The van der Waals surface area contributed by atoms with Crippen LogP contribution in [-0.4, -0.2) is 42.2 Å². The van der Waals surface area contributed by atoms with Gasteiger partial charge in [-0.05, 0) is 49.2 Å². The van der Waals surface area contributed by atoms with E-state index in [0.717, 1.165) is 17.1 Å². The van der Waals surface area contributed by atoms with E-state index in [4.69, 9.17) is 4.74 Å². The Bertz CT molecular complexity index is 692. The van der Waals surface area contributed by atoms with E-state index in [0.29, 0.717) is 31.5 Å². The number of likely N-dealkylation sites (tertiary alicyclic amines) is 1. The molecule has 2 aromatic rings. The average molecular weight is 326 g/mol. The quantitative estimate of drug-likeness (QED) is 0.906. The highest BCUT2D eigenvalue weighted by atomic mass is 16.5. The Labute approximate surface area is 141 Å². The number of nitrogens with zero attached hydrogens (tertiary/aromatic N) is 1. The summed E-state index contributed by atoms with van der Waals surface area (Å²) in [4.78, 5) is 14.6. The summed E-state index contributed by atoms with van der Waals surface area (Å²) >= 11 is 0. The van der Waals surface area contributed by atoms with Gasteiger partial charge in [0.15, 0.2) is 0 Å². The number of nitrogens with one attached hydrogen (secondary N) is 1. The molecule has 0 spiro atoms. The normalized spacial score (nSPS) is 15.2. The lowest BCUT2D eigenvalue weighted by Crippen LogP contribution is -2.40. The third-order valence-electron chi connectivity index (χ3n) is 4.28. The number of aliphatic hydroxyl groups is 1. The number of hydrogen-bond donors (Lipinski definition) is 2. The van der Waals surface area contributed by atoms with Crippen LogP contribution in [0.1, 0.15) is 23.2 Å². The molecule has 126 valence electrons. The van der Waals surface area contributed by atoms with Crippen LogP contribution < -0.4 is 10.1 Å². The first kappa shape index (κ1) is 16.3. The topological polar surface area (TPSA) is 61.8 Å². The molecule has 1 heterocycles. The van der Waals surface area contributed by atoms with Gasteiger partial charge in [0, 0.05) is 18.8 Å². The van der Waals surface area contributed by atoms with Crippen molar-refractivity contribution in [3.63, 3.8) is 0 Å². The number of carbonyl (C=O) groups is 1. The Kier molecular flexibility index (Phi) is 5.01. The summed E-state index contributed by atoms with van der Waals surface area (Å²) in [5.74, 6) is 0.787. The predicted octanol–water partition coefficient (Wildman–Crippen LogP) is 3.04. The number of ether oxygens (including phenoxy) is 1. The van der Waals surface area contributed by atoms with E-state index < -0.39 is 0 Å². The van der Waals surface area contributed by atoms with E-state index in [-0.39, 0.29) is 12.0 Å². The Morgan fingerprint density at radius 1 is 1.12 bits per heavy atom. The van der Waals surface area contributed by atoms with Crippen molar-refractivity contribution in [1.29, 1.82) is 0 Å². The molecule has 1 aliphatic heterocycles. The molecule has 5 nitrogen and oxygen atoms in total. The molecule has 5 heteroatoms. The number of methoxy groups -OCH3 is 1. The average Bonchev–Trinajstić information content (AvgIpc) is 2.63. The first-order chi connectivity index (χ1) is 11.7. The van der Waals surface area contributed by atoms with Crippen LogP contribution in [0, 0.1) is 0 Å². The van der Waals surface area contributed by atoms with Gasteiger partial charge in [-0.2, -0.15) is 0 Å². The monoisotopic (exact) mass is 326 g/mol. The van der Waals surface area contributed by atoms with Crippen LogP contribution in [0.4, 0.5) is 11.4 Å². The van der Waals surface area contributed by atoms with Crippen molar-refractivity contribution < 1.29 is 14.6 Å². The first-order valence-corrected chi connectivity index (χ1v) is 8.15. The van der Waals surface area contributed by atoms with Gasteiger partial charge in [0.25, 0.3) is 5.91 Å². The van der Waals surface area contributed by atoms with Gasteiger partial charge in [0.1, 0.15) is 5.75 Å². The Hall–Kier alpha value is -2.53. The van der Waals surface area contributed by atoms with Crippen LogP contribution in [0.2, 0.25) is 0 Å². The fraction of sp³-hybridized carbons (Fsp3) is 0.316. The van der Waals surface area contributed by atoms with Gasteiger partial charge in [-0.15, -0.1) is 0 Å². The SMILES string of the molecule is COc1ccc(Nc2ccccc2C(=O)N2CCC(O)CC2)cc1. The summed E-state index contributed by atoms with van der Waals surface area (Å²) in [6, 6.07) is 15.1. The highest BCUT2D eigenvalue weighted by molar-refractivity contribution is 6.00. The molecule has 0 saturated carbocycles. The second-order valence-corrected chi connectivity index (χ2v) is 5.92. The van der Waals surface area contributed by atoms with Crippen molar-refractivity contribution in [2.45, 2.75) is 18.9 Å². The number of amides is 1. The number of para-hydroxylation sites is 1. The van der Waals surface area contributed by atoms with Crippen molar-refractivity contribution in [1.82, 2.24) is 4.90 Å². The summed E-state index contributed by atoms with van der Waals surface area (Å²) in [6.07, 6.45) is 0.987. The van der Waals surface area contributed by atoms with E-state index in [1.54, 1.807) is 12.0 Å². The summed E-state index contributed by atoms with van der Waals surface area (Å²) in [7, 11) is 1.63. The lowest BCUT2D eigenvalue weighted by Gasteiger charge is -2.30. The number of aliphatic hydroxyl groups excluding tert-OH is 1. The summed E-state index contributed by atoms with van der Waals surface area (Å²) in [5, 5.41) is 12.9. The van der Waals surface area contributed by atoms with Crippen molar-refractivity contribution in [2.24, 2.45) is 0 Å². The second kappa shape index (κ2) is 7.36. The fourth-order valence-corrected chi connectivity index (χ4v) is 2.85. The first-order valence-electron chi connectivity index (χ1n) is 8.15. The predicted molar refractivity (Wildman–Crippen MR) is 93.9 cm³/mol. The third kappa shape index (κ3) is 3.68. The molecule has 1 amide bonds. The lowest BCUT2D eigenvalue weighted by molar-refractivity contribution is 0.0547. The largest absolute Gasteiger partial charge is 0.497 e. The molecule has 0 atom stereocenters. The maximum Gasteiger partial charge on any atom is 0.255 e.